The molecule has 3 aromatic rings. The first-order chi connectivity index (χ1) is 16.5. The second-order valence-corrected chi connectivity index (χ2v) is 7.29. The average molecular weight is 460 g/mol. The van der Waals surface area contributed by atoms with Crippen LogP contribution < -0.4 is 29.2 Å². The van der Waals surface area contributed by atoms with Gasteiger partial charge in [-0.25, -0.2) is 4.90 Å². The zero-order chi connectivity index (χ0) is 24.2. The molecule has 8 heteroatoms. The molecule has 0 aromatic heterocycles. The maximum atomic E-state index is 13.7. The summed E-state index contributed by atoms with van der Waals surface area (Å²) in [4.78, 5) is 28.4. The van der Waals surface area contributed by atoms with Crippen LogP contribution in [0.2, 0.25) is 0 Å². The number of carbonyl (C=O) groups is 2. The Kier molecular flexibility index (Phi) is 6.40. The van der Waals surface area contributed by atoms with E-state index in [4.69, 9.17) is 18.9 Å². The Labute approximate surface area is 197 Å². The number of nitrogens with one attached hydrogen (secondary N) is 1. The molecule has 2 amide bonds. The van der Waals surface area contributed by atoms with Gasteiger partial charge in [-0.05, 0) is 29.8 Å². The van der Waals surface area contributed by atoms with Crippen LogP contribution in [0.5, 0.6) is 23.0 Å². The fraction of sp³-hybridized carbons (Fsp3) is 0.154. The van der Waals surface area contributed by atoms with Gasteiger partial charge >= 0.3 is 0 Å². The Morgan fingerprint density at radius 3 is 1.91 bits per heavy atom. The third kappa shape index (κ3) is 4.01. The van der Waals surface area contributed by atoms with Gasteiger partial charge in [0.05, 0.1) is 45.4 Å². The first-order valence-electron chi connectivity index (χ1n) is 10.4. The van der Waals surface area contributed by atoms with Crippen LogP contribution in [0.3, 0.4) is 0 Å². The number of rotatable bonds is 8. The molecule has 4 rings (SSSR count). The maximum absolute atomic E-state index is 13.7. The molecule has 0 unspecified atom stereocenters. The fourth-order valence-electron chi connectivity index (χ4n) is 3.74. The van der Waals surface area contributed by atoms with Gasteiger partial charge < -0.3 is 24.3 Å². The molecule has 1 N–H and O–H groups in total. The Morgan fingerprint density at radius 2 is 1.29 bits per heavy atom. The largest absolute Gasteiger partial charge is 0.497 e. The van der Waals surface area contributed by atoms with Crippen molar-refractivity contribution < 1.29 is 28.5 Å². The minimum atomic E-state index is -0.523. The van der Waals surface area contributed by atoms with Gasteiger partial charge in [0.1, 0.15) is 28.7 Å². The standard InChI is InChI=1S/C26H24N2O6/c1-31-17-10-12-19(21(14-17)33-3)27-24-23(16-8-6-5-7-9-16)25(29)28(26(24)30)20-13-11-18(32-2)15-22(20)34-4/h5-15,27H,1-4H3. The number of benzene rings is 3. The summed E-state index contributed by atoms with van der Waals surface area (Å²) in [6, 6.07) is 19.1. The summed E-state index contributed by atoms with van der Waals surface area (Å²) in [6.45, 7) is 0. The zero-order valence-corrected chi connectivity index (χ0v) is 19.2. The predicted octanol–water partition coefficient (Wildman–Crippen LogP) is 4.12. The lowest BCUT2D eigenvalue weighted by Crippen LogP contribution is -2.32. The summed E-state index contributed by atoms with van der Waals surface area (Å²) < 4.78 is 21.4. The van der Waals surface area contributed by atoms with Crippen molar-refractivity contribution >= 4 is 28.8 Å². The van der Waals surface area contributed by atoms with Gasteiger partial charge in [0.15, 0.2) is 0 Å². The van der Waals surface area contributed by atoms with E-state index in [1.807, 2.05) is 18.2 Å². The number of methoxy groups -OCH3 is 4. The molecule has 0 atom stereocenters. The van der Waals surface area contributed by atoms with E-state index < -0.39 is 11.8 Å². The fourth-order valence-corrected chi connectivity index (χ4v) is 3.74. The van der Waals surface area contributed by atoms with Crippen LogP contribution in [-0.2, 0) is 9.59 Å². The van der Waals surface area contributed by atoms with E-state index in [9.17, 15) is 9.59 Å². The molecule has 0 bridgehead atoms. The average Bonchev–Trinajstić information content (AvgIpc) is 3.12. The normalized spacial score (nSPS) is 13.2. The minimum absolute atomic E-state index is 0.123. The van der Waals surface area contributed by atoms with E-state index in [1.54, 1.807) is 55.6 Å². The lowest BCUT2D eigenvalue weighted by Gasteiger charge is -2.19. The van der Waals surface area contributed by atoms with Gasteiger partial charge in [0.2, 0.25) is 0 Å². The lowest BCUT2D eigenvalue weighted by atomic mass is 10.0. The molecule has 1 aliphatic rings. The Balaban J connectivity index is 1.83. The second-order valence-electron chi connectivity index (χ2n) is 7.29. The summed E-state index contributed by atoms with van der Waals surface area (Å²) in [5, 5.41) is 3.12. The molecule has 0 fully saturated rings. The van der Waals surface area contributed by atoms with Crippen molar-refractivity contribution in [2.45, 2.75) is 0 Å². The van der Waals surface area contributed by atoms with Crippen molar-refractivity contribution in [3.63, 3.8) is 0 Å². The van der Waals surface area contributed by atoms with Crippen LogP contribution >= 0.6 is 0 Å². The zero-order valence-electron chi connectivity index (χ0n) is 19.2. The van der Waals surface area contributed by atoms with E-state index >= 15 is 0 Å². The number of ether oxygens (including phenoxy) is 4. The molecular formula is C26H24N2O6. The molecule has 1 heterocycles. The van der Waals surface area contributed by atoms with Crippen molar-refractivity contribution in [3.8, 4) is 23.0 Å². The van der Waals surface area contributed by atoms with Crippen molar-refractivity contribution in [2.24, 2.45) is 0 Å². The summed E-state index contributed by atoms with van der Waals surface area (Å²) in [5.74, 6) is 0.923. The quantitative estimate of drug-likeness (QED) is 0.506. The number of nitrogens with zero attached hydrogens (tertiary/aromatic N) is 1. The van der Waals surface area contributed by atoms with Crippen molar-refractivity contribution in [1.29, 1.82) is 0 Å². The van der Waals surface area contributed by atoms with Gasteiger partial charge in [-0.2, -0.15) is 0 Å². The van der Waals surface area contributed by atoms with E-state index in [0.29, 0.717) is 39.9 Å². The van der Waals surface area contributed by atoms with Crippen LogP contribution in [-0.4, -0.2) is 40.3 Å². The molecule has 34 heavy (non-hydrogen) atoms. The highest BCUT2D eigenvalue weighted by atomic mass is 16.5. The molecule has 8 nitrogen and oxygen atoms in total. The van der Waals surface area contributed by atoms with E-state index in [0.717, 1.165) is 4.90 Å². The highest BCUT2D eigenvalue weighted by molar-refractivity contribution is 6.46. The predicted molar refractivity (Wildman–Crippen MR) is 129 cm³/mol. The van der Waals surface area contributed by atoms with Gasteiger partial charge in [-0.3, -0.25) is 9.59 Å². The molecule has 174 valence electrons. The SMILES string of the molecule is COc1ccc(NC2=C(c3ccccc3)C(=O)N(c3ccc(OC)cc3OC)C2=O)c(OC)c1. The highest BCUT2D eigenvalue weighted by Gasteiger charge is 2.41. The number of anilines is 2. The van der Waals surface area contributed by atoms with Gasteiger partial charge in [0.25, 0.3) is 11.8 Å². The number of hydrogen-bond donors (Lipinski definition) is 1. The van der Waals surface area contributed by atoms with Crippen molar-refractivity contribution in [1.82, 2.24) is 0 Å². The summed E-state index contributed by atoms with van der Waals surface area (Å²) in [6.07, 6.45) is 0. The van der Waals surface area contributed by atoms with Crippen LogP contribution in [0.15, 0.2) is 72.4 Å². The van der Waals surface area contributed by atoms with Crippen LogP contribution in [0.25, 0.3) is 5.57 Å². The number of imide groups is 1. The Morgan fingerprint density at radius 1 is 0.676 bits per heavy atom. The van der Waals surface area contributed by atoms with Crippen molar-refractivity contribution in [2.75, 3.05) is 38.7 Å². The molecular weight excluding hydrogens is 436 g/mol. The topological polar surface area (TPSA) is 86.3 Å². The number of amides is 2. The Bertz CT molecular complexity index is 1270. The summed E-state index contributed by atoms with van der Waals surface area (Å²) in [7, 11) is 6.07. The molecule has 0 saturated carbocycles. The molecule has 0 saturated heterocycles. The third-order valence-corrected chi connectivity index (χ3v) is 5.44. The smallest absolute Gasteiger partial charge is 0.282 e. The van der Waals surface area contributed by atoms with Gasteiger partial charge in [-0.15, -0.1) is 0 Å². The molecule has 0 aliphatic carbocycles. The van der Waals surface area contributed by atoms with Crippen molar-refractivity contribution in [3.05, 3.63) is 78.0 Å². The summed E-state index contributed by atoms with van der Waals surface area (Å²) in [5.41, 5.74) is 1.78. The third-order valence-electron chi connectivity index (χ3n) is 5.44. The van der Waals surface area contributed by atoms with Crippen LogP contribution in [0.4, 0.5) is 11.4 Å². The minimum Gasteiger partial charge on any atom is -0.497 e. The molecule has 3 aromatic carbocycles. The van der Waals surface area contributed by atoms with E-state index in [2.05, 4.69) is 5.32 Å². The first-order valence-corrected chi connectivity index (χ1v) is 10.4. The van der Waals surface area contributed by atoms with Crippen LogP contribution in [0.1, 0.15) is 5.56 Å². The second kappa shape index (κ2) is 9.58. The monoisotopic (exact) mass is 460 g/mol. The maximum Gasteiger partial charge on any atom is 0.282 e. The molecule has 1 aliphatic heterocycles. The van der Waals surface area contributed by atoms with E-state index in [-0.39, 0.29) is 11.3 Å². The summed E-state index contributed by atoms with van der Waals surface area (Å²) >= 11 is 0. The van der Waals surface area contributed by atoms with E-state index in [1.165, 1.54) is 21.3 Å². The van der Waals surface area contributed by atoms with Gasteiger partial charge in [-0.1, -0.05) is 30.3 Å². The first kappa shape index (κ1) is 22.7. The number of hydrogen-bond acceptors (Lipinski definition) is 7. The molecule has 0 radical (unpaired) electrons. The highest BCUT2D eigenvalue weighted by Crippen LogP contribution is 2.40. The lowest BCUT2D eigenvalue weighted by molar-refractivity contribution is -0.120. The number of carbonyl (C=O) groups excluding carboxylic acids is 2. The van der Waals surface area contributed by atoms with Gasteiger partial charge in [0, 0.05) is 12.1 Å². The molecule has 0 spiro atoms. The van der Waals surface area contributed by atoms with Crippen LogP contribution in [0, 0.1) is 0 Å². The Hall–Kier alpha value is -4.46.